The number of alkyl halides is 2. The molecule has 19 heavy (non-hydrogen) atoms. The van der Waals surface area contributed by atoms with Gasteiger partial charge in [-0.3, -0.25) is 0 Å². The normalized spacial score (nSPS) is 30.0. The molecule has 0 aromatic carbocycles. The SMILES string of the molecule is O=S1(=O)OC(F)(OS(=O)(=O)OC2(F)OS(=O)(=O)O2)O1. The minimum Gasteiger partial charge on any atom is -0.169 e. The van der Waals surface area contributed by atoms with E-state index in [0.29, 0.717) is 0 Å². The van der Waals surface area contributed by atoms with Gasteiger partial charge in [-0.1, -0.05) is 0 Å². The van der Waals surface area contributed by atoms with Crippen molar-refractivity contribution in [2.45, 2.75) is 12.5 Å². The average molecular weight is 350 g/mol. The van der Waals surface area contributed by atoms with Crippen LogP contribution in [0.1, 0.15) is 0 Å². The zero-order valence-electron chi connectivity index (χ0n) is 7.88. The van der Waals surface area contributed by atoms with Gasteiger partial charge in [0.15, 0.2) is 0 Å². The summed E-state index contributed by atoms with van der Waals surface area (Å²) in [4.78, 5) is 0. The average Bonchev–Trinajstić information content (AvgIpc) is 1.88. The second-order valence-electron chi connectivity index (χ2n) is 2.69. The maximum Gasteiger partial charge on any atom is 0.497 e. The fraction of sp³-hybridized carbons (Fsp3) is 1.00. The summed E-state index contributed by atoms with van der Waals surface area (Å²) in [6, 6.07) is 0. The van der Waals surface area contributed by atoms with Crippen molar-refractivity contribution in [2.24, 2.45) is 0 Å². The number of halogens is 2. The Morgan fingerprint density at radius 2 is 1.05 bits per heavy atom. The molecule has 0 aromatic heterocycles. The van der Waals surface area contributed by atoms with Crippen molar-refractivity contribution >= 4 is 31.2 Å². The highest BCUT2D eigenvalue weighted by molar-refractivity contribution is 7.84. The summed E-state index contributed by atoms with van der Waals surface area (Å²) in [7, 11) is -15.3. The molecule has 0 atom stereocenters. The fourth-order valence-electron chi connectivity index (χ4n) is 0.817. The molecule has 0 amide bonds. The van der Waals surface area contributed by atoms with Gasteiger partial charge in [-0.25, -0.2) is 0 Å². The van der Waals surface area contributed by atoms with Crippen molar-refractivity contribution in [2.75, 3.05) is 0 Å². The van der Waals surface area contributed by atoms with Crippen molar-refractivity contribution in [3.8, 4) is 0 Å². The van der Waals surface area contributed by atoms with Crippen LogP contribution in [-0.2, 0) is 56.3 Å². The Hall–Kier alpha value is -0.530. The molecule has 2 fully saturated rings. The summed E-state index contributed by atoms with van der Waals surface area (Å²) >= 11 is 0. The summed E-state index contributed by atoms with van der Waals surface area (Å²) in [6.45, 7) is 0. The Kier molecular flexibility index (Phi) is 2.95. The molecule has 17 heteroatoms. The molecule has 0 aromatic rings. The van der Waals surface area contributed by atoms with Gasteiger partial charge in [0.2, 0.25) is 0 Å². The fourth-order valence-corrected chi connectivity index (χ4v) is 2.78. The lowest BCUT2D eigenvalue weighted by atomic mass is 11.2. The molecular weight excluding hydrogens is 350 g/mol. The van der Waals surface area contributed by atoms with Crippen LogP contribution in [0, 0.1) is 0 Å². The molecule has 2 aliphatic heterocycles. The lowest BCUT2D eigenvalue weighted by molar-refractivity contribution is -0.407. The lowest BCUT2D eigenvalue weighted by Crippen LogP contribution is -2.53. The number of hydrogen-bond donors (Lipinski definition) is 0. The van der Waals surface area contributed by atoms with Crippen molar-refractivity contribution in [3.63, 3.8) is 0 Å². The second kappa shape index (κ2) is 3.77. The zero-order chi connectivity index (χ0) is 14.7. The summed E-state index contributed by atoms with van der Waals surface area (Å²) in [5.74, 6) is 0. The standard InChI is InChI=1S/C2F2O12S3/c3-1(11-17(5,6)12-1)15-19(9,10)16-2(4)13-18(7,8)14-2. The van der Waals surface area contributed by atoms with E-state index in [1.807, 2.05) is 0 Å². The second-order valence-corrected chi connectivity index (χ2v) is 6.14. The van der Waals surface area contributed by atoms with E-state index >= 15 is 0 Å². The minimum atomic E-state index is -5.70. The lowest BCUT2D eigenvalue weighted by Gasteiger charge is -2.31. The van der Waals surface area contributed by atoms with E-state index in [-0.39, 0.29) is 0 Å². The first kappa shape index (κ1) is 14.9. The van der Waals surface area contributed by atoms with Gasteiger partial charge >= 0.3 is 43.7 Å². The van der Waals surface area contributed by atoms with Gasteiger partial charge in [-0.15, -0.1) is 8.78 Å². The molecule has 112 valence electrons. The highest BCUT2D eigenvalue weighted by Crippen LogP contribution is 2.39. The molecule has 2 rings (SSSR count). The van der Waals surface area contributed by atoms with Gasteiger partial charge in [0, 0.05) is 0 Å². The zero-order valence-corrected chi connectivity index (χ0v) is 10.3. The Bertz CT molecular complexity index is 620. The molecule has 0 N–H and O–H groups in total. The predicted octanol–water partition coefficient (Wildman–Crippen LogP) is -1.99. The summed E-state index contributed by atoms with van der Waals surface area (Å²) in [5, 5.41) is 0. The first-order valence-corrected chi connectivity index (χ1v) is 7.60. The molecule has 2 saturated heterocycles. The smallest absolute Gasteiger partial charge is 0.169 e. The van der Waals surface area contributed by atoms with Crippen LogP contribution in [0.15, 0.2) is 0 Å². The highest BCUT2D eigenvalue weighted by atomic mass is 32.3. The van der Waals surface area contributed by atoms with Gasteiger partial charge in [-0.05, 0) is 0 Å². The van der Waals surface area contributed by atoms with Crippen LogP contribution in [0.4, 0.5) is 8.78 Å². The molecule has 2 aliphatic rings. The van der Waals surface area contributed by atoms with Crippen LogP contribution in [0.25, 0.3) is 0 Å². The minimum absolute atomic E-state index is 3.20. The summed E-state index contributed by atoms with van der Waals surface area (Å²) < 4.78 is 108. The van der Waals surface area contributed by atoms with E-state index in [4.69, 9.17) is 0 Å². The van der Waals surface area contributed by atoms with Gasteiger partial charge in [0.25, 0.3) is 0 Å². The maximum absolute atomic E-state index is 12.9. The Balaban J connectivity index is 2.01. The van der Waals surface area contributed by atoms with Gasteiger partial charge in [-0.2, -0.15) is 50.4 Å². The van der Waals surface area contributed by atoms with E-state index in [1.54, 1.807) is 0 Å². The molecule has 2 heterocycles. The van der Waals surface area contributed by atoms with E-state index in [0.717, 1.165) is 0 Å². The number of hydrogen-bond acceptors (Lipinski definition) is 12. The molecule has 0 unspecified atom stereocenters. The Labute approximate surface area is 103 Å². The quantitative estimate of drug-likeness (QED) is 0.550. The molecule has 0 radical (unpaired) electrons. The maximum atomic E-state index is 12.9. The third kappa shape index (κ3) is 3.32. The van der Waals surface area contributed by atoms with Crippen molar-refractivity contribution in [1.29, 1.82) is 0 Å². The van der Waals surface area contributed by atoms with Crippen molar-refractivity contribution in [3.05, 3.63) is 0 Å². The van der Waals surface area contributed by atoms with Gasteiger partial charge < -0.3 is 0 Å². The van der Waals surface area contributed by atoms with Gasteiger partial charge in [0.05, 0.1) is 0 Å². The third-order valence-corrected chi connectivity index (χ3v) is 3.63. The van der Waals surface area contributed by atoms with E-state index in [1.165, 1.54) is 0 Å². The summed E-state index contributed by atoms with van der Waals surface area (Å²) in [5.41, 5.74) is 0. The van der Waals surface area contributed by atoms with E-state index in [9.17, 15) is 34.0 Å². The van der Waals surface area contributed by atoms with Crippen LogP contribution in [-0.4, -0.2) is 37.7 Å². The predicted molar refractivity (Wildman–Crippen MR) is 40.9 cm³/mol. The topological polar surface area (TPSA) is 158 Å². The first-order valence-electron chi connectivity index (χ1n) is 3.60. The third-order valence-electron chi connectivity index (χ3n) is 1.21. The molecular formula is C2F2O12S3. The van der Waals surface area contributed by atoms with Crippen LogP contribution in [0.3, 0.4) is 0 Å². The molecule has 12 nitrogen and oxygen atoms in total. The number of rotatable bonds is 4. The van der Waals surface area contributed by atoms with E-state index in [2.05, 4.69) is 25.1 Å². The van der Waals surface area contributed by atoms with Crippen LogP contribution < -0.4 is 0 Å². The first-order chi connectivity index (χ1) is 8.24. The summed E-state index contributed by atoms with van der Waals surface area (Å²) in [6.07, 6.45) is -8.23. The Morgan fingerprint density at radius 1 is 0.789 bits per heavy atom. The Morgan fingerprint density at radius 3 is 1.26 bits per heavy atom. The van der Waals surface area contributed by atoms with Crippen molar-refractivity contribution in [1.82, 2.24) is 0 Å². The molecule has 0 bridgehead atoms. The van der Waals surface area contributed by atoms with Crippen LogP contribution >= 0.6 is 0 Å². The molecule has 0 spiro atoms. The highest BCUT2D eigenvalue weighted by Gasteiger charge is 2.64. The van der Waals surface area contributed by atoms with Crippen LogP contribution in [0.2, 0.25) is 0 Å². The molecule has 0 aliphatic carbocycles. The van der Waals surface area contributed by atoms with Gasteiger partial charge in [0.1, 0.15) is 0 Å². The monoisotopic (exact) mass is 350 g/mol. The van der Waals surface area contributed by atoms with Crippen LogP contribution in [0.5, 0.6) is 0 Å². The molecule has 0 saturated carbocycles. The van der Waals surface area contributed by atoms with E-state index < -0.39 is 43.7 Å². The largest absolute Gasteiger partial charge is 0.497 e. The van der Waals surface area contributed by atoms with Crippen molar-refractivity contribution < 1.29 is 59.1 Å².